The van der Waals surface area contributed by atoms with Gasteiger partial charge in [0.25, 0.3) is 0 Å². The number of benzene rings is 2. The van der Waals surface area contributed by atoms with Crippen molar-refractivity contribution < 1.29 is 4.74 Å². The van der Waals surface area contributed by atoms with Crippen molar-refractivity contribution in [2.75, 3.05) is 26.8 Å². The van der Waals surface area contributed by atoms with Crippen LogP contribution >= 0.6 is 35.6 Å². The molecule has 0 bridgehead atoms. The number of rotatable bonds is 5. The van der Waals surface area contributed by atoms with E-state index in [1.165, 1.54) is 11.1 Å². The Morgan fingerprint density at radius 3 is 2.54 bits per heavy atom. The number of nitrogens with zero attached hydrogens (tertiary/aromatic N) is 1. The maximum atomic E-state index is 6.07. The van der Waals surface area contributed by atoms with Crippen LogP contribution in [0.15, 0.2) is 53.5 Å². The normalized spacial score (nSPS) is 16.2. The highest BCUT2D eigenvalue weighted by Gasteiger charge is 2.35. The van der Waals surface area contributed by atoms with Crippen molar-refractivity contribution in [3.63, 3.8) is 0 Å². The van der Waals surface area contributed by atoms with Gasteiger partial charge in [0.2, 0.25) is 0 Å². The number of hydrogen-bond donors (Lipinski definition) is 2. The fourth-order valence-electron chi connectivity index (χ4n) is 3.78. The highest BCUT2D eigenvalue weighted by molar-refractivity contribution is 14.0. The standard InChI is InChI=1S/C22H28ClN3O.HI/c1-17-6-3-4-9-20(17)22(10-12-27-13-11-22)16-26-21(24-2)25-15-18-7-5-8-19(23)14-18;/h3-9,14H,10-13,15-16H2,1-2H3,(H2,24,25,26);1H. The van der Waals surface area contributed by atoms with Crippen LogP contribution in [0.4, 0.5) is 0 Å². The van der Waals surface area contributed by atoms with Gasteiger partial charge in [-0.2, -0.15) is 0 Å². The van der Waals surface area contributed by atoms with E-state index in [0.29, 0.717) is 6.54 Å². The van der Waals surface area contributed by atoms with Crippen LogP contribution in [0.25, 0.3) is 0 Å². The number of aryl methyl sites for hydroxylation is 1. The van der Waals surface area contributed by atoms with Crippen LogP contribution in [0.5, 0.6) is 0 Å². The summed E-state index contributed by atoms with van der Waals surface area (Å²) in [5, 5.41) is 7.67. The molecule has 0 saturated carbocycles. The van der Waals surface area contributed by atoms with E-state index in [2.05, 4.69) is 52.9 Å². The second-order valence-corrected chi connectivity index (χ2v) is 7.55. The summed E-state index contributed by atoms with van der Waals surface area (Å²) in [7, 11) is 1.80. The molecule has 1 heterocycles. The molecule has 28 heavy (non-hydrogen) atoms. The summed E-state index contributed by atoms with van der Waals surface area (Å²) in [4.78, 5) is 4.39. The van der Waals surface area contributed by atoms with Crippen LogP contribution in [0.3, 0.4) is 0 Å². The van der Waals surface area contributed by atoms with Crippen molar-refractivity contribution in [3.05, 3.63) is 70.2 Å². The Labute approximate surface area is 190 Å². The zero-order valence-electron chi connectivity index (χ0n) is 16.5. The van der Waals surface area contributed by atoms with Crippen LogP contribution in [-0.2, 0) is 16.7 Å². The van der Waals surface area contributed by atoms with E-state index >= 15 is 0 Å². The van der Waals surface area contributed by atoms with Crippen LogP contribution in [0, 0.1) is 6.92 Å². The Hall–Kier alpha value is -1.31. The lowest BCUT2D eigenvalue weighted by Gasteiger charge is -2.39. The minimum absolute atomic E-state index is 0. The van der Waals surface area contributed by atoms with Crippen molar-refractivity contribution in [2.24, 2.45) is 4.99 Å². The highest BCUT2D eigenvalue weighted by atomic mass is 127. The first-order valence-electron chi connectivity index (χ1n) is 9.46. The van der Waals surface area contributed by atoms with E-state index < -0.39 is 0 Å². The molecule has 3 rings (SSSR count). The molecule has 0 atom stereocenters. The Balaban J connectivity index is 0.00000280. The summed E-state index contributed by atoms with van der Waals surface area (Å²) < 4.78 is 5.65. The summed E-state index contributed by atoms with van der Waals surface area (Å²) in [5.74, 6) is 0.800. The predicted octanol–water partition coefficient (Wildman–Crippen LogP) is 4.68. The van der Waals surface area contributed by atoms with Gasteiger partial charge in [0.05, 0.1) is 0 Å². The second-order valence-electron chi connectivity index (χ2n) is 7.12. The molecule has 0 aliphatic carbocycles. The summed E-state index contributed by atoms with van der Waals surface area (Å²) in [5.41, 5.74) is 3.94. The first-order valence-corrected chi connectivity index (χ1v) is 9.84. The van der Waals surface area contributed by atoms with E-state index in [4.69, 9.17) is 16.3 Å². The quantitative estimate of drug-likeness (QED) is 0.347. The lowest BCUT2D eigenvalue weighted by Crippen LogP contribution is -2.48. The first kappa shape index (κ1) is 23.0. The molecule has 2 N–H and O–H groups in total. The number of guanidine groups is 1. The van der Waals surface area contributed by atoms with E-state index in [0.717, 1.165) is 49.1 Å². The highest BCUT2D eigenvalue weighted by Crippen LogP contribution is 2.36. The average molecular weight is 514 g/mol. The van der Waals surface area contributed by atoms with Gasteiger partial charge in [0.15, 0.2) is 5.96 Å². The minimum atomic E-state index is 0. The molecule has 2 aromatic carbocycles. The molecule has 1 saturated heterocycles. The Bertz CT molecular complexity index is 791. The Morgan fingerprint density at radius 2 is 1.86 bits per heavy atom. The van der Waals surface area contributed by atoms with Gasteiger partial charge < -0.3 is 15.4 Å². The third kappa shape index (κ3) is 5.84. The zero-order chi connectivity index (χ0) is 19.1. The summed E-state index contributed by atoms with van der Waals surface area (Å²) in [6.07, 6.45) is 2.02. The molecular weight excluding hydrogens is 485 g/mol. The molecule has 1 fully saturated rings. The molecule has 0 unspecified atom stereocenters. The Morgan fingerprint density at radius 1 is 1.11 bits per heavy atom. The maximum absolute atomic E-state index is 6.07. The van der Waals surface area contributed by atoms with Crippen molar-refractivity contribution >= 4 is 41.5 Å². The van der Waals surface area contributed by atoms with Gasteiger partial charge in [-0.15, -0.1) is 24.0 Å². The van der Waals surface area contributed by atoms with Crippen molar-refractivity contribution in [1.29, 1.82) is 0 Å². The minimum Gasteiger partial charge on any atom is -0.381 e. The number of ether oxygens (including phenoxy) is 1. The molecule has 0 spiro atoms. The van der Waals surface area contributed by atoms with Crippen molar-refractivity contribution in [2.45, 2.75) is 31.7 Å². The molecule has 0 radical (unpaired) electrons. The lowest BCUT2D eigenvalue weighted by molar-refractivity contribution is 0.0512. The summed E-state index contributed by atoms with van der Waals surface area (Å²) in [6, 6.07) is 16.5. The topological polar surface area (TPSA) is 45.7 Å². The van der Waals surface area contributed by atoms with Gasteiger partial charge >= 0.3 is 0 Å². The summed E-state index contributed by atoms with van der Waals surface area (Å²) in [6.45, 7) is 5.30. The third-order valence-electron chi connectivity index (χ3n) is 5.33. The van der Waals surface area contributed by atoms with Gasteiger partial charge in [-0.25, -0.2) is 0 Å². The molecule has 0 amide bonds. The zero-order valence-corrected chi connectivity index (χ0v) is 19.6. The van der Waals surface area contributed by atoms with E-state index in [1.54, 1.807) is 7.05 Å². The van der Waals surface area contributed by atoms with Crippen molar-refractivity contribution in [1.82, 2.24) is 10.6 Å². The third-order valence-corrected chi connectivity index (χ3v) is 5.57. The maximum Gasteiger partial charge on any atom is 0.191 e. The molecule has 1 aliphatic rings. The van der Waals surface area contributed by atoms with Crippen molar-refractivity contribution in [3.8, 4) is 0 Å². The fourth-order valence-corrected chi connectivity index (χ4v) is 3.99. The number of hydrogen-bond acceptors (Lipinski definition) is 2. The fraction of sp³-hybridized carbons (Fsp3) is 0.409. The monoisotopic (exact) mass is 513 g/mol. The van der Waals surface area contributed by atoms with E-state index in [9.17, 15) is 0 Å². The van der Waals surface area contributed by atoms with Gasteiger partial charge in [-0.1, -0.05) is 48.0 Å². The average Bonchev–Trinajstić information content (AvgIpc) is 2.69. The van der Waals surface area contributed by atoms with Gasteiger partial charge in [0, 0.05) is 43.8 Å². The van der Waals surface area contributed by atoms with Crippen LogP contribution < -0.4 is 10.6 Å². The molecular formula is C22H29ClIN3O. The molecule has 152 valence electrons. The van der Waals surface area contributed by atoms with E-state index in [1.807, 2.05) is 18.2 Å². The predicted molar refractivity (Wildman–Crippen MR) is 128 cm³/mol. The molecule has 0 aromatic heterocycles. The number of halogens is 2. The smallest absolute Gasteiger partial charge is 0.191 e. The lowest BCUT2D eigenvalue weighted by atomic mass is 9.72. The molecule has 4 nitrogen and oxygen atoms in total. The Kier molecular flexibility index (Phi) is 9.05. The number of aliphatic imine (C=N–C) groups is 1. The van der Waals surface area contributed by atoms with E-state index in [-0.39, 0.29) is 29.4 Å². The second kappa shape index (κ2) is 11.0. The SMILES string of the molecule is CN=C(NCc1cccc(Cl)c1)NCC1(c2ccccc2C)CCOCC1.I. The summed E-state index contributed by atoms with van der Waals surface area (Å²) >= 11 is 6.07. The first-order chi connectivity index (χ1) is 13.1. The molecule has 1 aliphatic heterocycles. The van der Waals surface area contributed by atoms with Gasteiger partial charge in [-0.05, 0) is 48.6 Å². The van der Waals surface area contributed by atoms with Crippen LogP contribution in [-0.4, -0.2) is 32.8 Å². The van der Waals surface area contributed by atoms with Gasteiger partial charge in [-0.3, -0.25) is 4.99 Å². The number of nitrogens with one attached hydrogen (secondary N) is 2. The van der Waals surface area contributed by atoms with Gasteiger partial charge in [0.1, 0.15) is 0 Å². The van der Waals surface area contributed by atoms with Crippen LogP contribution in [0.2, 0.25) is 5.02 Å². The molecule has 2 aromatic rings. The van der Waals surface area contributed by atoms with Crippen LogP contribution in [0.1, 0.15) is 29.5 Å². The largest absolute Gasteiger partial charge is 0.381 e. The molecule has 6 heteroatoms.